The van der Waals surface area contributed by atoms with E-state index in [-0.39, 0.29) is 11.5 Å². The van der Waals surface area contributed by atoms with E-state index in [1.807, 2.05) is 12.1 Å². The largest absolute Gasteiger partial charge is 0.478 e. The molecule has 0 aromatic heterocycles. The highest BCUT2D eigenvalue weighted by Crippen LogP contribution is 2.26. The number of rotatable bonds is 3. The molecular formula is C18H12ClNO3. The van der Waals surface area contributed by atoms with Gasteiger partial charge in [-0.05, 0) is 41.8 Å². The van der Waals surface area contributed by atoms with Crippen LogP contribution in [0, 0.1) is 0 Å². The van der Waals surface area contributed by atoms with Crippen LogP contribution in [0.5, 0.6) is 0 Å². The molecule has 0 fully saturated rings. The van der Waals surface area contributed by atoms with E-state index in [0.717, 1.165) is 10.8 Å². The van der Waals surface area contributed by atoms with Crippen LogP contribution in [0.3, 0.4) is 0 Å². The number of hydrogen-bond acceptors (Lipinski definition) is 2. The van der Waals surface area contributed by atoms with Gasteiger partial charge in [0.1, 0.15) is 0 Å². The second-order valence-corrected chi connectivity index (χ2v) is 5.38. The number of amides is 1. The van der Waals surface area contributed by atoms with Gasteiger partial charge >= 0.3 is 5.97 Å². The molecule has 3 rings (SSSR count). The zero-order valence-electron chi connectivity index (χ0n) is 11.9. The van der Waals surface area contributed by atoms with Crippen molar-refractivity contribution in [1.82, 2.24) is 0 Å². The van der Waals surface area contributed by atoms with Gasteiger partial charge in [0.2, 0.25) is 0 Å². The molecule has 0 saturated heterocycles. The van der Waals surface area contributed by atoms with Crippen LogP contribution in [0.4, 0.5) is 5.69 Å². The summed E-state index contributed by atoms with van der Waals surface area (Å²) in [7, 11) is 0. The second kappa shape index (κ2) is 6.10. The first kappa shape index (κ1) is 15.1. The third-order valence-corrected chi connectivity index (χ3v) is 3.83. The van der Waals surface area contributed by atoms with E-state index in [2.05, 4.69) is 5.32 Å². The zero-order chi connectivity index (χ0) is 16.4. The Bertz CT molecular complexity index is 904. The van der Waals surface area contributed by atoms with Crippen molar-refractivity contribution in [2.45, 2.75) is 0 Å². The molecule has 3 aromatic rings. The lowest BCUT2D eigenvalue weighted by atomic mass is 10.0. The van der Waals surface area contributed by atoms with Gasteiger partial charge in [-0.3, -0.25) is 4.79 Å². The van der Waals surface area contributed by atoms with Gasteiger partial charge < -0.3 is 10.4 Å². The monoisotopic (exact) mass is 325 g/mol. The maximum Gasteiger partial charge on any atom is 0.335 e. The van der Waals surface area contributed by atoms with Crippen molar-refractivity contribution in [3.8, 4) is 0 Å². The van der Waals surface area contributed by atoms with Crippen molar-refractivity contribution in [2.24, 2.45) is 0 Å². The lowest BCUT2D eigenvalue weighted by molar-refractivity contribution is 0.0696. The molecule has 3 aromatic carbocycles. The van der Waals surface area contributed by atoms with Crippen molar-refractivity contribution < 1.29 is 14.7 Å². The molecule has 0 heterocycles. The number of carbonyl (C=O) groups is 2. The molecule has 23 heavy (non-hydrogen) atoms. The first-order valence-corrected chi connectivity index (χ1v) is 7.26. The number of carboxylic acid groups (broad SMARTS) is 1. The number of hydrogen-bond donors (Lipinski definition) is 2. The number of anilines is 1. The molecule has 1 amide bonds. The van der Waals surface area contributed by atoms with Gasteiger partial charge in [-0.25, -0.2) is 4.79 Å². The van der Waals surface area contributed by atoms with Crippen LogP contribution in [-0.4, -0.2) is 17.0 Å². The second-order valence-electron chi connectivity index (χ2n) is 4.98. The van der Waals surface area contributed by atoms with E-state index >= 15 is 0 Å². The molecular weight excluding hydrogens is 314 g/mol. The summed E-state index contributed by atoms with van der Waals surface area (Å²) in [5, 5.41) is 13.8. The fraction of sp³-hybridized carbons (Fsp3) is 0. The quantitative estimate of drug-likeness (QED) is 0.748. The van der Waals surface area contributed by atoms with E-state index in [1.165, 1.54) is 12.1 Å². The Morgan fingerprint density at radius 2 is 1.52 bits per heavy atom. The van der Waals surface area contributed by atoms with Crippen LogP contribution in [0.1, 0.15) is 20.7 Å². The van der Waals surface area contributed by atoms with Crippen molar-refractivity contribution in [2.75, 3.05) is 5.32 Å². The van der Waals surface area contributed by atoms with Crippen molar-refractivity contribution in [3.05, 3.63) is 76.8 Å². The van der Waals surface area contributed by atoms with Gasteiger partial charge in [0.15, 0.2) is 0 Å². The number of carbonyl (C=O) groups excluding carboxylic acids is 1. The van der Waals surface area contributed by atoms with Crippen LogP contribution >= 0.6 is 11.6 Å². The molecule has 0 saturated carbocycles. The van der Waals surface area contributed by atoms with Crippen LogP contribution in [0.2, 0.25) is 5.02 Å². The third-order valence-electron chi connectivity index (χ3n) is 3.50. The van der Waals surface area contributed by atoms with Crippen LogP contribution in [-0.2, 0) is 0 Å². The van der Waals surface area contributed by atoms with Gasteiger partial charge in [0.25, 0.3) is 5.91 Å². The van der Waals surface area contributed by atoms with Gasteiger partial charge in [-0.1, -0.05) is 35.9 Å². The highest BCUT2D eigenvalue weighted by molar-refractivity contribution is 6.36. The topological polar surface area (TPSA) is 66.4 Å². The molecule has 0 aliphatic carbocycles. The Labute approximate surface area is 137 Å². The molecule has 5 heteroatoms. The van der Waals surface area contributed by atoms with E-state index in [0.29, 0.717) is 16.3 Å². The lowest BCUT2D eigenvalue weighted by Gasteiger charge is -2.09. The van der Waals surface area contributed by atoms with Crippen LogP contribution < -0.4 is 5.32 Å². The number of benzene rings is 3. The Balaban J connectivity index is 1.92. The van der Waals surface area contributed by atoms with E-state index in [4.69, 9.17) is 16.7 Å². The van der Waals surface area contributed by atoms with Crippen molar-refractivity contribution in [3.63, 3.8) is 0 Å². The molecule has 0 bridgehead atoms. The standard InChI is InChI=1S/C18H12ClNO3/c19-16-6-2-3-13-14(16)4-1-5-15(13)17(21)20-12-9-7-11(8-10-12)18(22)23/h1-10H,(H,20,21)(H,22,23). The normalized spacial score (nSPS) is 10.5. The predicted molar refractivity (Wildman–Crippen MR) is 90.3 cm³/mol. The maximum absolute atomic E-state index is 12.5. The Kier molecular flexibility index (Phi) is 4.00. The number of fused-ring (bicyclic) bond motifs is 1. The molecule has 4 nitrogen and oxygen atoms in total. The van der Waals surface area contributed by atoms with E-state index in [1.54, 1.807) is 36.4 Å². The summed E-state index contributed by atoms with van der Waals surface area (Å²) in [5.41, 5.74) is 1.20. The average molecular weight is 326 g/mol. The van der Waals surface area contributed by atoms with E-state index < -0.39 is 5.97 Å². The Morgan fingerprint density at radius 1 is 0.870 bits per heavy atom. The molecule has 0 aliphatic heterocycles. The van der Waals surface area contributed by atoms with Gasteiger partial charge in [0.05, 0.1) is 5.56 Å². The third kappa shape index (κ3) is 3.03. The van der Waals surface area contributed by atoms with E-state index in [9.17, 15) is 9.59 Å². The first-order valence-electron chi connectivity index (χ1n) is 6.88. The summed E-state index contributed by atoms with van der Waals surface area (Å²) in [6, 6.07) is 16.8. The average Bonchev–Trinajstić information content (AvgIpc) is 2.55. The molecule has 114 valence electrons. The van der Waals surface area contributed by atoms with Crippen molar-refractivity contribution >= 4 is 39.9 Å². The number of carboxylic acids is 1. The maximum atomic E-state index is 12.5. The molecule has 0 aliphatic rings. The summed E-state index contributed by atoms with van der Waals surface area (Å²) in [6.45, 7) is 0. The Morgan fingerprint density at radius 3 is 2.22 bits per heavy atom. The summed E-state index contributed by atoms with van der Waals surface area (Å²) in [4.78, 5) is 23.3. The van der Waals surface area contributed by atoms with Crippen LogP contribution in [0.15, 0.2) is 60.7 Å². The minimum Gasteiger partial charge on any atom is -0.478 e. The summed E-state index contributed by atoms with van der Waals surface area (Å²) in [6.07, 6.45) is 0. The molecule has 0 atom stereocenters. The molecule has 2 N–H and O–H groups in total. The number of aromatic carboxylic acids is 1. The van der Waals surface area contributed by atoms with Gasteiger partial charge in [-0.15, -0.1) is 0 Å². The molecule has 0 spiro atoms. The highest BCUT2D eigenvalue weighted by Gasteiger charge is 2.11. The van der Waals surface area contributed by atoms with Crippen LogP contribution in [0.25, 0.3) is 10.8 Å². The minimum absolute atomic E-state index is 0.167. The predicted octanol–water partition coefficient (Wildman–Crippen LogP) is 4.44. The fourth-order valence-electron chi connectivity index (χ4n) is 2.36. The molecule has 0 unspecified atom stereocenters. The SMILES string of the molecule is O=C(O)c1ccc(NC(=O)c2cccc3c(Cl)cccc23)cc1. The Hall–Kier alpha value is -2.85. The number of halogens is 1. The highest BCUT2D eigenvalue weighted by atomic mass is 35.5. The summed E-state index contributed by atoms with van der Waals surface area (Å²) < 4.78 is 0. The minimum atomic E-state index is -1.01. The van der Waals surface area contributed by atoms with Gasteiger partial charge in [-0.2, -0.15) is 0 Å². The molecule has 0 radical (unpaired) electrons. The summed E-state index contributed by atoms with van der Waals surface area (Å²) in [5.74, 6) is -1.28. The fourth-order valence-corrected chi connectivity index (χ4v) is 2.60. The van der Waals surface area contributed by atoms with Crippen molar-refractivity contribution in [1.29, 1.82) is 0 Å². The number of nitrogens with one attached hydrogen (secondary N) is 1. The summed E-state index contributed by atoms with van der Waals surface area (Å²) >= 11 is 6.15. The zero-order valence-corrected chi connectivity index (χ0v) is 12.7. The smallest absolute Gasteiger partial charge is 0.335 e. The van der Waals surface area contributed by atoms with Gasteiger partial charge in [0, 0.05) is 21.7 Å². The first-order chi connectivity index (χ1) is 11.1. The lowest BCUT2D eigenvalue weighted by Crippen LogP contribution is -2.12.